The van der Waals surface area contributed by atoms with Crippen LogP contribution in [-0.4, -0.2) is 53.1 Å². The van der Waals surface area contributed by atoms with Crippen molar-refractivity contribution in [3.05, 3.63) is 17.3 Å². The fourth-order valence-electron chi connectivity index (χ4n) is 4.44. The Hall–Kier alpha value is -1.95. The molecule has 27 heavy (non-hydrogen) atoms. The highest BCUT2D eigenvalue weighted by molar-refractivity contribution is 5.90. The minimum Gasteiger partial charge on any atom is -0.372 e. The number of anilines is 2. The molecule has 2 aromatic heterocycles. The van der Waals surface area contributed by atoms with E-state index >= 15 is 0 Å². The Balaban J connectivity index is 0.000000166. The van der Waals surface area contributed by atoms with Gasteiger partial charge < -0.3 is 15.5 Å². The number of hydrogen-bond acceptors (Lipinski definition) is 6. The lowest BCUT2D eigenvalue weighted by atomic mass is 9.98. The molecule has 6 heteroatoms. The van der Waals surface area contributed by atoms with Crippen LogP contribution in [0.2, 0.25) is 0 Å². The summed E-state index contributed by atoms with van der Waals surface area (Å²) in [6.45, 7) is 11.4. The Labute approximate surface area is 163 Å². The van der Waals surface area contributed by atoms with Crippen LogP contribution in [0.3, 0.4) is 0 Å². The summed E-state index contributed by atoms with van der Waals surface area (Å²) >= 11 is 0. The Kier molecular flexibility index (Phi) is 6.15. The molecule has 4 rings (SSSR count). The molecule has 0 radical (unpaired) electrons. The van der Waals surface area contributed by atoms with Crippen LogP contribution in [0.25, 0.3) is 11.0 Å². The maximum atomic E-state index is 4.42. The zero-order valence-electron chi connectivity index (χ0n) is 17.6. The Morgan fingerprint density at radius 3 is 2.22 bits per heavy atom. The third kappa shape index (κ3) is 4.49. The maximum Gasteiger partial charge on any atom is 0.226 e. The normalized spacial score (nSPS) is 21.9. The minimum atomic E-state index is 0.578. The second-order valence-electron chi connectivity index (χ2n) is 8.27. The van der Waals surface area contributed by atoms with E-state index in [4.69, 9.17) is 0 Å². The molecule has 2 atom stereocenters. The second-order valence-corrected chi connectivity index (χ2v) is 8.27. The Morgan fingerprint density at radius 1 is 1.00 bits per heavy atom. The predicted molar refractivity (Wildman–Crippen MR) is 113 cm³/mol. The fraction of sp³-hybridized carbons (Fsp3) is 0.667. The van der Waals surface area contributed by atoms with E-state index < -0.39 is 0 Å². The van der Waals surface area contributed by atoms with E-state index in [2.05, 4.69) is 44.3 Å². The van der Waals surface area contributed by atoms with E-state index in [-0.39, 0.29) is 0 Å². The Bertz CT molecular complexity index is 776. The number of pyridine rings is 1. The SMILES string of the molecule is CC(C)N1CC2CCC(C2)C1.CNc1nc(NC)c2c(C)cc(C)nc2n1. The molecule has 1 aliphatic carbocycles. The summed E-state index contributed by atoms with van der Waals surface area (Å²) in [6, 6.07) is 2.81. The molecule has 2 bridgehead atoms. The third-order valence-electron chi connectivity index (χ3n) is 5.82. The van der Waals surface area contributed by atoms with E-state index in [9.17, 15) is 0 Å². The van der Waals surface area contributed by atoms with Gasteiger partial charge in [0.2, 0.25) is 5.95 Å². The van der Waals surface area contributed by atoms with Gasteiger partial charge in [-0.2, -0.15) is 9.97 Å². The minimum absolute atomic E-state index is 0.578. The highest BCUT2D eigenvalue weighted by Crippen LogP contribution is 2.36. The first-order valence-corrected chi connectivity index (χ1v) is 10.2. The number of hydrogen-bond donors (Lipinski definition) is 2. The number of aromatic nitrogens is 3. The molecule has 1 saturated carbocycles. The van der Waals surface area contributed by atoms with Crippen molar-refractivity contribution < 1.29 is 0 Å². The summed E-state index contributed by atoms with van der Waals surface area (Å²) in [6.07, 6.45) is 4.55. The van der Waals surface area contributed by atoms with Gasteiger partial charge in [0.05, 0.1) is 5.39 Å². The first-order chi connectivity index (χ1) is 12.9. The number of piperidine rings is 1. The molecule has 0 spiro atoms. The summed E-state index contributed by atoms with van der Waals surface area (Å²) in [5, 5.41) is 6.98. The lowest BCUT2D eigenvalue weighted by molar-refractivity contribution is 0.133. The summed E-state index contributed by atoms with van der Waals surface area (Å²) in [7, 11) is 3.64. The van der Waals surface area contributed by atoms with Crippen LogP contribution in [0.5, 0.6) is 0 Å². The monoisotopic (exact) mass is 370 g/mol. The van der Waals surface area contributed by atoms with Crippen molar-refractivity contribution in [2.75, 3.05) is 37.8 Å². The summed E-state index contributed by atoms with van der Waals surface area (Å²) in [4.78, 5) is 15.8. The number of nitrogens with one attached hydrogen (secondary N) is 2. The molecule has 0 amide bonds. The molecule has 2 unspecified atom stereocenters. The van der Waals surface area contributed by atoms with Crippen LogP contribution < -0.4 is 10.6 Å². The first-order valence-electron chi connectivity index (χ1n) is 10.2. The standard InChI is InChI=1S/C11H15N5.C10H19N/c1-6-5-7(2)14-10-8(6)9(12-3)15-11(13-4)16-10;1-8(2)11-6-9-3-4-10(5-9)7-11/h5H,1-4H3,(H2,12,13,14,15,16);8-10H,3-7H2,1-2H3. The zero-order chi connectivity index (χ0) is 19.6. The van der Waals surface area contributed by atoms with Crippen molar-refractivity contribution in [1.29, 1.82) is 0 Å². The highest BCUT2D eigenvalue weighted by atomic mass is 15.2. The predicted octanol–water partition coefficient (Wildman–Crippen LogP) is 3.85. The number of fused-ring (bicyclic) bond motifs is 3. The van der Waals surface area contributed by atoms with Crippen LogP contribution in [0.15, 0.2) is 6.07 Å². The molecular weight excluding hydrogens is 336 g/mol. The van der Waals surface area contributed by atoms with Gasteiger partial charge in [-0.1, -0.05) is 0 Å². The molecule has 2 aromatic rings. The zero-order valence-corrected chi connectivity index (χ0v) is 17.6. The van der Waals surface area contributed by atoms with Crippen LogP contribution in [-0.2, 0) is 0 Å². The number of nitrogens with zero attached hydrogens (tertiary/aromatic N) is 4. The molecule has 6 nitrogen and oxygen atoms in total. The lowest BCUT2D eigenvalue weighted by Gasteiger charge is -2.34. The molecule has 2 aliphatic rings. The van der Waals surface area contributed by atoms with E-state index in [0.29, 0.717) is 5.95 Å². The van der Waals surface area contributed by atoms with Crippen LogP contribution in [0.1, 0.15) is 44.4 Å². The van der Waals surface area contributed by atoms with Crippen LogP contribution >= 0.6 is 0 Å². The van der Waals surface area contributed by atoms with Gasteiger partial charge in [0.25, 0.3) is 0 Å². The molecule has 1 aliphatic heterocycles. The van der Waals surface area contributed by atoms with Gasteiger partial charge in [0, 0.05) is 38.9 Å². The molecule has 0 aromatic carbocycles. The van der Waals surface area contributed by atoms with Gasteiger partial charge in [-0.15, -0.1) is 0 Å². The van der Waals surface area contributed by atoms with Crippen LogP contribution in [0.4, 0.5) is 11.8 Å². The van der Waals surface area contributed by atoms with Gasteiger partial charge in [0.15, 0.2) is 5.65 Å². The van der Waals surface area contributed by atoms with Crippen molar-refractivity contribution in [1.82, 2.24) is 19.9 Å². The van der Waals surface area contributed by atoms with E-state index in [1.165, 1.54) is 32.4 Å². The average Bonchev–Trinajstić information content (AvgIpc) is 2.98. The average molecular weight is 371 g/mol. The van der Waals surface area contributed by atoms with Gasteiger partial charge in [-0.25, -0.2) is 4.98 Å². The van der Waals surface area contributed by atoms with Crippen LogP contribution in [0, 0.1) is 25.7 Å². The molecule has 3 heterocycles. The third-order valence-corrected chi connectivity index (χ3v) is 5.82. The summed E-state index contributed by atoms with van der Waals surface area (Å²) < 4.78 is 0. The van der Waals surface area contributed by atoms with Crippen molar-refractivity contribution in [2.24, 2.45) is 11.8 Å². The van der Waals surface area contributed by atoms with Crippen molar-refractivity contribution >= 4 is 22.8 Å². The quantitative estimate of drug-likeness (QED) is 0.855. The smallest absolute Gasteiger partial charge is 0.226 e. The van der Waals surface area contributed by atoms with Crippen molar-refractivity contribution in [2.45, 2.75) is 53.0 Å². The van der Waals surface area contributed by atoms with E-state index in [1.54, 1.807) is 7.05 Å². The molecule has 1 saturated heterocycles. The summed E-state index contributed by atoms with van der Waals surface area (Å²) in [5.74, 6) is 3.49. The van der Waals surface area contributed by atoms with Gasteiger partial charge >= 0.3 is 0 Å². The lowest BCUT2D eigenvalue weighted by Crippen LogP contribution is -2.40. The molecule has 2 fully saturated rings. The maximum absolute atomic E-state index is 4.42. The van der Waals surface area contributed by atoms with Gasteiger partial charge in [-0.05, 0) is 70.4 Å². The topological polar surface area (TPSA) is 66.0 Å². The Morgan fingerprint density at radius 2 is 1.67 bits per heavy atom. The summed E-state index contributed by atoms with van der Waals surface area (Å²) in [5.41, 5.74) is 2.82. The first kappa shape index (κ1) is 19.8. The highest BCUT2D eigenvalue weighted by Gasteiger charge is 2.33. The van der Waals surface area contributed by atoms with E-state index in [1.807, 2.05) is 27.0 Å². The number of likely N-dealkylation sites (tertiary alicyclic amines) is 1. The van der Waals surface area contributed by atoms with Crippen molar-refractivity contribution in [3.8, 4) is 0 Å². The second kappa shape index (κ2) is 8.38. The van der Waals surface area contributed by atoms with Crippen molar-refractivity contribution in [3.63, 3.8) is 0 Å². The van der Waals surface area contributed by atoms with Gasteiger partial charge in [0.1, 0.15) is 5.82 Å². The van der Waals surface area contributed by atoms with Gasteiger partial charge in [-0.3, -0.25) is 0 Å². The molecule has 148 valence electrons. The molecule has 2 N–H and O–H groups in total. The number of aryl methyl sites for hydroxylation is 2. The van der Waals surface area contributed by atoms with E-state index in [0.717, 1.165) is 46.0 Å². The number of rotatable bonds is 3. The fourth-order valence-corrected chi connectivity index (χ4v) is 4.44. The largest absolute Gasteiger partial charge is 0.372 e. The molecular formula is C21H34N6.